The first kappa shape index (κ1) is 18.8. The van der Waals surface area contributed by atoms with Gasteiger partial charge in [-0.25, -0.2) is 4.79 Å². The van der Waals surface area contributed by atoms with E-state index in [2.05, 4.69) is 15.5 Å². The van der Waals surface area contributed by atoms with Crippen LogP contribution in [-0.4, -0.2) is 33.2 Å². The van der Waals surface area contributed by atoms with Crippen molar-refractivity contribution in [3.8, 4) is 0 Å². The highest BCUT2D eigenvalue weighted by atomic mass is 16.5. The second-order valence-corrected chi connectivity index (χ2v) is 6.11. The molecule has 0 atom stereocenters. The maximum atomic E-state index is 12.1. The summed E-state index contributed by atoms with van der Waals surface area (Å²) < 4.78 is 7.10. The second-order valence-electron chi connectivity index (χ2n) is 6.11. The number of rotatable bonds is 7. The summed E-state index contributed by atoms with van der Waals surface area (Å²) in [5.41, 5.74) is 5.26. The molecule has 2 heterocycles. The zero-order valence-electron chi connectivity index (χ0n) is 15.5. The van der Waals surface area contributed by atoms with Gasteiger partial charge in [0, 0.05) is 42.7 Å². The van der Waals surface area contributed by atoms with E-state index < -0.39 is 0 Å². The number of hydrogen-bond donors (Lipinski definition) is 2. The molecule has 0 radical (unpaired) electrons. The van der Waals surface area contributed by atoms with Crippen LogP contribution >= 0.6 is 0 Å². The molecule has 0 aliphatic heterocycles. The van der Waals surface area contributed by atoms with Crippen molar-refractivity contribution < 1.29 is 14.3 Å². The van der Waals surface area contributed by atoms with Gasteiger partial charge in [-0.05, 0) is 39.7 Å². The number of aromatic amines is 1. The third-order valence-corrected chi connectivity index (χ3v) is 4.56. The topological polar surface area (TPSA) is 89.0 Å². The van der Waals surface area contributed by atoms with Crippen molar-refractivity contribution in [1.82, 2.24) is 20.1 Å². The van der Waals surface area contributed by atoms with E-state index in [9.17, 15) is 9.59 Å². The van der Waals surface area contributed by atoms with Crippen molar-refractivity contribution in [1.29, 1.82) is 0 Å². The van der Waals surface area contributed by atoms with Crippen molar-refractivity contribution in [2.75, 3.05) is 6.61 Å². The smallest absolute Gasteiger partial charge is 0.340 e. The summed E-state index contributed by atoms with van der Waals surface area (Å²) in [6.45, 7) is 8.31. The van der Waals surface area contributed by atoms with E-state index in [1.54, 1.807) is 13.1 Å². The zero-order chi connectivity index (χ0) is 18.6. The van der Waals surface area contributed by atoms with Crippen LogP contribution in [0, 0.1) is 20.8 Å². The Morgan fingerprint density at radius 2 is 2.04 bits per heavy atom. The second kappa shape index (κ2) is 8.00. The number of nitrogens with one attached hydrogen (secondary N) is 2. The lowest BCUT2D eigenvalue weighted by atomic mass is 10.1. The van der Waals surface area contributed by atoms with E-state index in [1.165, 1.54) is 0 Å². The molecular weight excluding hydrogens is 320 g/mol. The van der Waals surface area contributed by atoms with Gasteiger partial charge < -0.3 is 14.6 Å². The first-order valence-electron chi connectivity index (χ1n) is 8.44. The maximum Gasteiger partial charge on any atom is 0.340 e. The van der Waals surface area contributed by atoms with Gasteiger partial charge in [-0.1, -0.05) is 0 Å². The number of hydrogen-bond acceptors (Lipinski definition) is 4. The highest BCUT2D eigenvalue weighted by molar-refractivity contribution is 5.93. The Labute approximate surface area is 147 Å². The van der Waals surface area contributed by atoms with Gasteiger partial charge >= 0.3 is 5.97 Å². The molecule has 7 nitrogen and oxygen atoms in total. The molecule has 7 heteroatoms. The summed E-state index contributed by atoms with van der Waals surface area (Å²) in [5, 5.41) is 9.68. The summed E-state index contributed by atoms with van der Waals surface area (Å²) in [7, 11) is 1.91. The molecule has 0 aromatic carbocycles. The molecular formula is C18H26N4O3. The first-order valence-corrected chi connectivity index (χ1v) is 8.44. The molecule has 136 valence electrons. The highest BCUT2D eigenvalue weighted by Gasteiger charge is 2.22. The quantitative estimate of drug-likeness (QED) is 0.752. The molecule has 2 N–H and O–H groups in total. The number of carbonyl (C=O) groups is 2. The Balaban J connectivity index is 2.00. The van der Waals surface area contributed by atoms with E-state index in [1.807, 2.05) is 32.4 Å². The van der Waals surface area contributed by atoms with Crippen molar-refractivity contribution in [3.05, 3.63) is 40.0 Å². The summed E-state index contributed by atoms with van der Waals surface area (Å²) in [4.78, 5) is 24.3. The van der Waals surface area contributed by atoms with Gasteiger partial charge in [-0.15, -0.1) is 0 Å². The fourth-order valence-corrected chi connectivity index (χ4v) is 2.96. The first-order chi connectivity index (χ1) is 11.9. The summed E-state index contributed by atoms with van der Waals surface area (Å²) in [6, 6.07) is 0. The number of carbonyl (C=O) groups excluding carboxylic acids is 2. The van der Waals surface area contributed by atoms with E-state index in [0.29, 0.717) is 31.6 Å². The lowest BCUT2D eigenvalue weighted by Gasteiger charge is -2.07. The third-order valence-electron chi connectivity index (χ3n) is 4.56. The van der Waals surface area contributed by atoms with Crippen molar-refractivity contribution >= 4 is 11.9 Å². The van der Waals surface area contributed by atoms with Crippen LogP contribution in [0.5, 0.6) is 0 Å². The van der Waals surface area contributed by atoms with E-state index in [0.717, 1.165) is 28.2 Å². The van der Waals surface area contributed by atoms with Crippen LogP contribution in [0.2, 0.25) is 0 Å². The number of nitrogens with zero attached hydrogens (tertiary/aromatic N) is 2. The molecule has 0 aliphatic rings. The molecule has 2 rings (SSSR count). The average Bonchev–Trinajstić information content (AvgIpc) is 3.06. The van der Waals surface area contributed by atoms with Crippen molar-refractivity contribution in [3.63, 3.8) is 0 Å². The minimum absolute atomic E-state index is 0.0310. The minimum Gasteiger partial charge on any atom is -0.462 e. The fourth-order valence-electron chi connectivity index (χ4n) is 2.96. The van der Waals surface area contributed by atoms with Crippen LogP contribution in [0.25, 0.3) is 0 Å². The molecule has 0 spiro atoms. The fraction of sp³-hybridized carbons (Fsp3) is 0.500. The minimum atomic E-state index is -0.306. The van der Waals surface area contributed by atoms with Crippen LogP contribution in [-0.2, 0) is 29.5 Å². The highest BCUT2D eigenvalue weighted by Crippen LogP contribution is 2.23. The predicted molar refractivity (Wildman–Crippen MR) is 94.3 cm³/mol. The van der Waals surface area contributed by atoms with E-state index >= 15 is 0 Å². The number of esters is 1. The molecule has 1 amide bonds. The molecule has 2 aromatic rings. The number of H-pyrrole nitrogens is 1. The normalized spacial score (nSPS) is 10.8. The molecule has 0 bridgehead atoms. The zero-order valence-corrected chi connectivity index (χ0v) is 15.5. The number of amides is 1. The SMILES string of the molecule is CCOC(=O)c1c(C)c(CCC(=O)NCc2cn[nH]c2C)n(C)c1C. The summed E-state index contributed by atoms with van der Waals surface area (Å²) in [6.07, 6.45) is 2.64. The standard InChI is InChI=1S/C18H26N4O3/c1-6-25-18(24)17-11(2)15(22(5)13(17)4)7-8-16(23)19-9-14-10-20-21-12(14)3/h10H,6-9H2,1-5H3,(H,19,23)(H,20,21). The lowest BCUT2D eigenvalue weighted by Crippen LogP contribution is -2.23. The summed E-state index contributed by atoms with van der Waals surface area (Å²) in [5.74, 6) is -0.337. The Kier molecular flexibility index (Phi) is 6.01. The van der Waals surface area contributed by atoms with Crippen LogP contribution in [0.1, 0.15) is 51.9 Å². The van der Waals surface area contributed by atoms with Crippen molar-refractivity contribution in [2.45, 2.75) is 47.1 Å². The Hall–Kier alpha value is -2.57. The molecule has 25 heavy (non-hydrogen) atoms. The van der Waals surface area contributed by atoms with Gasteiger partial charge in [0.15, 0.2) is 0 Å². The van der Waals surface area contributed by atoms with E-state index in [4.69, 9.17) is 4.74 Å². The van der Waals surface area contributed by atoms with Crippen LogP contribution in [0.3, 0.4) is 0 Å². The van der Waals surface area contributed by atoms with Gasteiger partial charge in [-0.2, -0.15) is 5.10 Å². The van der Waals surface area contributed by atoms with Gasteiger partial charge in [0.25, 0.3) is 0 Å². The molecule has 0 fully saturated rings. The molecule has 0 saturated heterocycles. The van der Waals surface area contributed by atoms with Crippen LogP contribution in [0.15, 0.2) is 6.20 Å². The molecule has 0 unspecified atom stereocenters. The Bertz CT molecular complexity index is 774. The maximum absolute atomic E-state index is 12.1. The number of ether oxygens (including phenoxy) is 1. The lowest BCUT2D eigenvalue weighted by molar-refractivity contribution is -0.121. The predicted octanol–water partition coefficient (Wildman–Crippen LogP) is 2.10. The van der Waals surface area contributed by atoms with Gasteiger partial charge in [-0.3, -0.25) is 9.89 Å². The number of aromatic nitrogens is 3. The number of aryl methyl sites for hydroxylation is 1. The Morgan fingerprint density at radius 3 is 2.64 bits per heavy atom. The summed E-state index contributed by atoms with van der Waals surface area (Å²) >= 11 is 0. The molecule has 0 aliphatic carbocycles. The molecule has 0 saturated carbocycles. The monoisotopic (exact) mass is 346 g/mol. The van der Waals surface area contributed by atoms with Crippen LogP contribution in [0.4, 0.5) is 0 Å². The van der Waals surface area contributed by atoms with Gasteiger partial charge in [0.1, 0.15) is 0 Å². The van der Waals surface area contributed by atoms with Crippen molar-refractivity contribution in [2.24, 2.45) is 7.05 Å². The van der Waals surface area contributed by atoms with E-state index in [-0.39, 0.29) is 11.9 Å². The average molecular weight is 346 g/mol. The largest absolute Gasteiger partial charge is 0.462 e. The van der Waals surface area contributed by atoms with Gasteiger partial charge in [0.05, 0.1) is 18.4 Å². The molecule has 2 aromatic heterocycles. The Morgan fingerprint density at radius 1 is 1.32 bits per heavy atom. The van der Waals surface area contributed by atoms with Gasteiger partial charge in [0.2, 0.25) is 5.91 Å². The third kappa shape index (κ3) is 4.10. The van der Waals surface area contributed by atoms with Crippen LogP contribution < -0.4 is 5.32 Å².